The Kier molecular flexibility index (Phi) is 3.82. The van der Waals surface area contributed by atoms with Gasteiger partial charge in [-0.2, -0.15) is 5.16 Å². The van der Waals surface area contributed by atoms with Gasteiger partial charge in [-0.3, -0.25) is 9.59 Å². The molecule has 0 saturated heterocycles. The first-order valence-electron chi connectivity index (χ1n) is 5.10. The van der Waals surface area contributed by atoms with Crippen LogP contribution in [0.25, 0.3) is 0 Å². The molecule has 0 fully saturated rings. The maximum atomic E-state index is 11.5. The van der Waals surface area contributed by atoms with Gasteiger partial charge < -0.3 is 14.4 Å². The second-order valence-electron chi connectivity index (χ2n) is 3.41. The van der Waals surface area contributed by atoms with E-state index >= 15 is 0 Å². The summed E-state index contributed by atoms with van der Waals surface area (Å²) in [5.74, 6) is 0.197. The zero-order valence-electron chi connectivity index (χ0n) is 9.54. The first kappa shape index (κ1) is 12.4. The van der Waals surface area contributed by atoms with Gasteiger partial charge in [-0.15, -0.1) is 10.2 Å². The number of thioether (sulfide) groups is 1. The lowest BCUT2D eigenvalue weighted by atomic mass is 10.4. The second-order valence-corrected chi connectivity index (χ2v) is 4.47. The number of carbonyl (C=O) groups is 1. The van der Waals surface area contributed by atoms with E-state index in [1.807, 2.05) is 7.05 Å². The third-order valence-corrected chi connectivity index (χ3v) is 3.07. The van der Waals surface area contributed by atoms with Crippen molar-refractivity contribution in [2.75, 3.05) is 12.3 Å². The Hall–Kier alpha value is -2.03. The minimum atomic E-state index is -0.436. The zero-order valence-corrected chi connectivity index (χ0v) is 10.4. The molecule has 0 saturated carbocycles. The molecule has 2 aromatic heterocycles. The normalized spacial score (nSPS) is 10.5. The summed E-state index contributed by atoms with van der Waals surface area (Å²) < 4.78 is 6.45. The van der Waals surface area contributed by atoms with Gasteiger partial charge in [-0.05, 0) is 0 Å². The standard InChI is InChI=1S/C9H11N5O3S/c1-14-5-11-12-9(14)18-3-2-10-8(16)6-4-7(15)13-17-6/h4-5H,2-3H2,1H3,(H,10,16)(H,13,15). The van der Waals surface area contributed by atoms with Crippen molar-refractivity contribution in [3.8, 4) is 0 Å². The van der Waals surface area contributed by atoms with Crippen molar-refractivity contribution in [2.24, 2.45) is 7.05 Å². The number of hydrogen-bond donors (Lipinski definition) is 2. The van der Waals surface area contributed by atoms with Crippen LogP contribution in [0, 0.1) is 0 Å². The SMILES string of the molecule is Cn1cnnc1SCCNC(=O)c1cc(=O)[nH]o1. The van der Waals surface area contributed by atoms with Crippen molar-refractivity contribution in [3.05, 3.63) is 28.5 Å². The molecular weight excluding hydrogens is 258 g/mol. The molecule has 0 aliphatic rings. The van der Waals surface area contributed by atoms with Crippen LogP contribution >= 0.6 is 11.8 Å². The minimum Gasteiger partial charge on any atom is -0.373 e. The van der Waals surface area contributed by atoms with Crippen molar-refractivity contribution in [2.45, 2.75) is 5.16 Å². The summed E-state index contributed by atoms with van der Waals surface area (Å²) in [7, 11) is 1.84. The van der Waals surface area contributed by atoms with E-state index in [0.717, 1.165) is 11.2 Å². The average molecular weight is 269 g/mol. The summed E-state index contributed by atoms with van der Waals surface area (Å²) in [4.78, 5) is 22.2. The first-order valence-corrected chi connectivity index (χ1v) is 6.09. The van der Waals surface area contributed by atoms with Gasteiger partial charge in [0.15, 0.2) is 5.16 Å². The second kappa shape index (κ2) is 5.54. The Morgan fingerprint density at radius 3 is 3.11 bits per heavy atom. The third kappa shape index (κ3) is 3.00. The molecule has 0 aliphatic carbocycles. The monoisotopic (exact) mass is 269 g/mol. The summed E-state index contributed by atoms with van der Waals surface area (Å²) in [6, 6.07) is 1.10. The summed E-state index contributed by atoms with van der Waals surface area (Å²) in [5.41, 5.74) is -0.436. The van der Waals surface area contributed by atoms with Gasteiger partial charge in [0.05, 0.1) is 6.07 Å². The van der Waals surface area contributed by atoms with Crippen LogP contribution in [-0.4, -0.2) is 38.1 Å². The van der Waals surface area contributed by atoms with E-state index in [4.69, 9.17) is 0 Å². The summed E-state index contributed by atoms with van der Waals surface area (Å²) in [6.45, 7) is 0.436. The fourth-order valence-corrected chi connectivity index (χ4v) is 1.93. The topological polar surface area (TPSA) is 106 Å². The smallest absolute Gasteiger partial charge is 0.289 e. The fraction of sp³-hybridized carbons (Fsp3) is 0.333. The quantitative estimate of drug-likeness (QED) is 0.566. The molecule has 8 nitrogen and oxygen atoms in total. The molecule has 18 heavy (non-hydrogen) atoms. The van der Waals surface area contributed by atoms with Gasteiger partial charge in [-0.1, -0.05) is 11.8 Å². The number of amides is 1. The van der Waals surface area contributed by atoms with E-state index < -0.39 is 11.5 Å². The zero-order chi connectivity index (χ0) is 13.0. The summed E-state index contributed by atoms with van der Waals surface area (Å²) in [6.07, 6.45) is 1.61. The van der Waals surface area contributed by atoms with E-state index in [0.29, 0.717) is 12.3 Å². The van der Waals surface area contributed by atoms with Gasteiger partial charge in [0.1, 0.15) is 6.33 Å². The predicted molar refractivity (Wildman–Crippen MR) is 63.4 cm³/mol. The first-order chi connectivity index (χ1) is 8.66. The van der Waals surface area contributed by atoms with E-state index in [1.54, 1.807) is 10.9 Å². The van der Waals surface area contributed by atoms with Crippen LogP contribution in [0.15, 0.2) is 26.9 Å². The highest BCUT2D eigenvalue weighted by Gasteiger charge is 2.10. The molecule has 0 aromatic carbocycles. The van der Waals surface area contributed by atoms with Gasteiger partial charge in [-0.25, -0.2) is 0 Å². The van der Waals surface area contributed by atoms with Crippen molar-refractivity contribution in [3.63, 3.8) is 0 Å². The van der Waals surface area contributed by atoms with Crippen LogP contribution in [0.4, 0.5) is 0 Å². The van der Waals surface area contributed by atoms with Crippen molar-refractivity contribution in [1.82, 2.24) is 25.2 Å². The number of rotatable bonds is 5. The van der Waals surface area contributed by atoms with E-state index in [2.05, 4.69) is 25.2 Å². The molecule has 2 aromatic rings. The number of aromatic amines is 1. The largest absolute Gasteiger partial charge is 0.373 e. The lowest BCUT2D eigenvalue weighted by molar-refractivity contribution is 0.0919. The highest BCUT2D eigenvalue weighted by Crippen LogP contribution is 2.11. The molecule has 1 amide bonds. The molecular formula is C9H11N5O3S. The Balaban J connectivity index is 1.74. The number of H-pyrrole nitrogens is 1. The molecule has 2 rings (SSSR count). The predicted octanol–water partition coefficient (Wildman–Crippen LogP) is -0.382. The van der Waals surface area contributed by atoms with Crippen LogP contribution in [0.1, 0.15) is 10.6 Å². The minimum absolute atomic E-state index is 0.0244. The Labute approximate surface area is 106 Å². The van der Waals surface area contributed by atoms with Crippen molar-refractivity contribution in [1.29, 1.82) is 0 Å². The van der Waals surface area contributed by atoms with Gasteiger partial charge >= 0.3 is 0 Å². The molecule has 0 atom stereocenters. The van der Waals surface area contributed by atoms with Crippen LogP contribution in [-0.2, 0) is 7.05 Å². The maximum Gasteiger partial charge on any atom is 0.289 e. The van der Waals surface area contributed by atoms with E-state index in [9.17, 15) is 9.59 Å². The lowest BCUT2D eigenvalue weighted by Crippen LogP contribution is -2.25. The van der Waals surface area contributed by atoms with Gasteiger partial charge in [0, 0.05) is 19.3 Å². The third-order valence-electron chi connectivity index (χ3n) is 2.04. The highest BCUT2D eigenvalue weighted by atomic mass is 32.2. The number of aryl methyl sites for hydroxylation is 1. The molecule has 0 unspecified atom stereocenters. The number of carbonyl (C=O) groups excluding carboxylic acids is 1. The number of nitrogens with zero attached hydrogens (tertiary/aromatic N) is 3. The number of hydrogen-bond acceptors (Lipinski definition) is 6. The van der Waals surface area contributed by atoms with E-state index in [-0.39, 0.29) is 5.76 Å². The fourth-order valence-electron chi connectivity index (χ4n) is 1.19. The average Bonchev–Trinajstić information content (AvgIpc) is 2.94. The Bertz CT molecular complexity index is 587. The van der Waals surface area contributed by atoms with Crippen LogP contribution < -0.4 is 10.9 Å². The Morgan fingerprint density at radius 1 is 1.67 bits per heavy atom. The van der Waals surface area contributed by atoms with Crippen LogP contribution in [0.2, 0.25) is 0 Å². The number of aromatic nitrogens is 4. The molecule has 0 bridgehead atoms. The molecule has 96 valence electrons. The molecule has 0 aliphatic heterocycles. The molecule has 9 heteroatoms. The van der Waals surface area contributed by atoms with E-state index in [1.165, 1.54) is 11.8 Å². The molecule has 2 N–H and O–H groups in total. The Morgan fingerprint density at radius 2 is 2.50 bits per heavy atom. The van der Waals surface area contributed by atoms with Gasteiger partial charge in [0.25, 0.3) is 11.5 Å². The summed E-state index contributed by atoms with van der Waals surface area (Å²) >= 11 is 1.47. The summed E-state index contributed by atoms with van der Waals surface area (Å²) in [5, 5.41) is 13.1. The molecule has 2 heterocycles. The van der Waals surface area contributed by atoms with Crippen molar-refractivity contribution < 1.29 is 9.32 Å². The number of nitrogens with one attached hydrogen (secondary N) is 2. The lowest BCUT2D eigenvalue weighted by Gasteiger charge is -2.02. The van der Waals surface area contributed by atoms with Crippen LogP contribution in [0.3, 0.4) is 0 Å². The maximum absolute atomic E-state index is 11.5. The molecule has 0 radical (unpaired) electrons. The van der Waals surface area contributed by atoms with Crippen LogP contribution in [0.5, 0.6) is 0 Å². The molecule has 0 spiro atoms. The van der Waals surface area contributed by atoms with Gasteiger partial charge in [0.2, 0.25) is 5.76 Å². The highest BCUT2D eigenvalue weighted by molar-refractivity contribution is 7.99. The van der Waals surface area contributed by atoms with Crippen molar-refractivity contribution >= 4 is 17.7 Å².